The largest absolute Gasteiger partial charge is 0.624 e. The Morgan fingerprint density at radius 3 is 2.62 bits per heavy atom. The molecule has 0 bridgehead atoms. The maximum absolute atomic E-state index is 13.7. The zero-order valence-corrected chi connectivity index (χ0v) is 17.9. The van der Waals surface area contributed by atoms with Crippen molar-refractivity contribution >= 4 is 23.8 Å². The third-order valence-corrected chi connectivity index (χ3v) is 6.48. The molecule has 3 heterocycles. The normalized spacial score (nSPS) is 28.5. The Morgan fingerprint density at radius 2 is 1.94 bits per heavy atom. The highest BCUT2D eigenvalue weighted by Gasteiger charge is 2.69. The van der Waals surface area contributed by atoms with E-state index < -0.39 is 22.3 Å². The molecule has 1 fully saturated rings. The standard InChI is InChI=1S/C22H22FN5O4/c1-26-19(29)11-28(30)13-25-21-22(26,28)12-24-20(27(21)15-6-4-14(23)5-7-15)17-10-16(31-2)8-9-18(17)32-3/h4-10,13,21H,11-12H2,1-3H3. The molecule has 32 heavy (non-hydrogen) atoms. The number of likely N-dealkylation sites (N-methyl/N-ethyl adjacent to an activating group) is 1. The molecule has 1 amide bonds. The van der Waals surface area contributed by atoms with Crippen LogP contribution in [-0.4, -0.2) is 73.8 Å². The van der Waals surface area contributed by atoms with E-state index in [1.165, 1.54) is 23.4 Å². The summed E-state index contributed by atoms with van der Waals surface area (Å²) in [7, 11) is 4.72. The average Bonchev–Trinajstić information content (AvgIpc) is 3.19. The minimum atomic E-state index is -1.25. The summed E-state index contributed by atoms with van der Waals surface area (Å²) in [5, 5.41) is 13.7. The van der Waals surface area contributed by atoms with Gasteiger partial charge in [0.15, 0.2) is 12.9 Å². The molecule has 0 aromatic heterocycles. The van der Waals surface area contributed by atoms with Crippen molar-refractivity contribution in [2.45, 2.75) is 11.8 Å². The van der Waals surface area contributed by atoms with E-state index in [0.717, 1.165) is 0 Å². The van der Waals surface area contributed by atoms with Gasteiger partial charge in [-0.15, -0.1) is 0 Å². The van der Waals surface area contributed by atoms with E-state index >= 15 is 0 Å². The second-order valence-electron chi connectivity index (χ2n) is 7.98. The summed E-state index contributed by atoms with van der Waals surface area (Å²) in [6.45, 7) is -0.183. The Balaban J connectivity index is 1.74. The molecular formula is C22H22FN5O4. The predicted octanol–water partition coefficient (Wildman–Crippen LogP) is 1.96. The fraction of sp³-hybridized carbons (Fsp3) is 0.318. The van der Waals surface area contributed by atoms with Crippen molar-refractivity contribution in [1.29, 1.82) is 0 Å². The number of nitrogens with zero attached hydrogens (tertiary/aromatic N) is 5. The highest BCUT2D eigenvalue weighted by molar-refractivity contribution is 6.13. The SMILES string of the molecule is COc1ccc(OC)c(C2=NCC34C(N=C[N+]3([O-])CC(=O)N4C)N2c2ccc(F)cc2)c1. The number of hydroxylamine groups is 3. The van der Waals surface area contributed by atoms with Gasteiger partial charge in [0.05, 0.1) is 19.8 Å². The van der Waals surface area contributed by atoms with Crippen LogP contribution in [0.4, 0.5) is 10.1 Å². The van der Waals surface area contributed by atoms with Crippen molar-refractivity contribution in [1.82, 2.24) is 4.90 Å². The predicted molar refractivity (Wildman–Crippen MR) is 116 cm³/mol. The average molecular weight is 439 g/mol. The molecule has 9 nitrogen and oxygen atoms in total. The molecule has 166 valence electrons. The Labute approximate surface area is 184 Å². The van der Waals surface area contributed by atoms with Gasteiger partial charge in [0, 0.05) is 12.7 Å². The number of anilines is 1. The third-order valence-electron chi connectivity index (χ3n) is 6.48. The molecule has 2 aromatic rings. The number of quaternary nitrogens is 1. The van der Waals surface area contributed by atoms with Crippen LogP contribution in [0.2, 0.25) is 0 Å². The highest BCUT2D eigenvalue weighted by Crippen LogP contribution is 2.46. The molecule has 3 unspecified atom stereocenters. The molecule has 5 rings (SSSR count). The molecular weight excluding hydrogens is 417 g/mol. The molecule has 1 saturated heterocycles. The van der Waals surface area contributed by atoms with Crippen molar-refractivity contribution in [3.63, 3.8) is 0 Å². The van der Waals surface area contributed by atoms with E-state index in [1.54, 1.807) is 56.5 Å². The van der Waals surface area contributed by atoms with Crippen LogP contribution in [0.15, 0.2) is 52.4 Å². The Hall–Kier alpha value is -3.50. The van der Waals surface area contributed by atoms with Crippen LogP contribution in [0.1, 0.15) is 5.56 Å². The van der Waals surface area contributed by atoms with Gasteiger partial charge in [0.2, 0.25) is 11.8 Å². The van der Waals surface area contributed by atoms with Crippen LogP contribution < -0.4 is 14.4 Å². The van der Waals surface area contributed by atoms with Crippen LogP contribution in [0.25, 0.3) is 0 Å². The summed E-state index contributed by atoms with van der Waals surface area (Å²) in [6.07, 6.45) is 0.523. The quantitative estimate of drug-likeness (QED) is 0.537. The first-order valence-corrected chi connectivity index (χ1v) is 10.1. The van der Waals surface area contributed by atoms with Gasteiger partial charge in [-0.3, -0.25) is 24.2 Å². The van der Waals surface area contributed by atoms with Crippen LogP contribution in [0.3, 0.4) is 0 Å². The van der Waals surface area contributed by atoms with Crippen LogP contribution in [0.5, 0.6) is 11.5 Å². The Morgan fingerprint density at radius 1 is 1.19 bits per heavy atom. The Kier molecular flexibility index (Phi) is 4.47. The summed E-state index contributed by atoms with van der Waals surface area (Å²) < 4.78 is 23.8. The molecule has 2 aromatic carbocycles. The molecule has 3 aliphatic rings. The summed E-state index contributed by atoms with van der Waals surface area (Å²) in [6, 6.07) is 11.2. The van der Waals surface area contributed by atoms with Crippen molar-refractivity contribution in [3.05, 3.63) is 59.1 Å². The number of methoxy groups -OCH3 is 2. The molecule has 0 aliphatic carbocycles. The molecule has 0 saturated carbocycles. The van der Waals surface area contributed by atoms with E-state index in [0.29, 0.717) is 28.6 Å². The number of aliphatic imine (C=N–C) groups is 2. The van der Waals surface area contributed by atoms with E-state index in [4.69, 9.17) is 14.5 Å². The molecule has 10 heteroatoms. The van der Waals surface area contributed by atoms with E-state index in [2.05, 4.69) is 4.99 Å². The van der Waals surface area contributed by atoms with Gasteiger partial charge >= 0.3 is 0 Å². The maximum atomic E-state index is 13.7. The number of halogens is 1. The van der Waals surface area contributed by atoms with Crippen LogP contribution >= 0.6 is 0 Å². The van der Waals surface area contributed by atoms with Crippen LogP contribution in [-0.2, 0) is 4.79 Å². The molecule has 3 atom stereocenters. The first-order valence-electron chi connectivity index (χ1n) is 10.1. The molecule has 0 N–H and O–H groups in total. The minimum absolute atomic E-state index is 0.0524. The van der Waals surface area contributed by atoms with Gasteiger partial charge in [-0.05, 0) is 42.5 Å². The second kappa shape index (κ2) is 7.01. The first-order chi connectivity index (χ1) is 15.3. The van der Waals surface area contributed by atoms with Crippen LogP contribution in [0, 0.1) is 11.0 Å². The maximum Gasteiger partial charge on any atom is 0.283 e. The zero-order valence-electron chi connectivity index (χ0n) is 17.9. The summed E-state index contributed by atoms with van der Waals surface area (Å²) >= 11 is 0. The number of carbonyl (C=O) groups is 1. The number of amidine groups is 1. The third kappa shape index (κ3) is 2.59. The molecule has 0 radical (unpaired) electrons. The summed E-state index contributed by atoms with van der Waals surface area (Å²) in [4.78, 5) is 25.1. The topological polar surface area (TPSA) is 89.8 Å². The second-order valence-corrected chi connectivity index (χ2v) is 7.98. The molecule has 3 aliphatic heterocycles. The zero-order chi connectivity index (χ0) is 22.7. The summed E-state index contributed by atoms with van der Waals surface area (Å²) in [5.41, 5.74) is -0.0392. The van der Waals surface area contributed by atoms with Crippen molar-refractivity contribution in [3.8, 4) is 11.5 Å². The van der Waals surface area contributed by atoms with Crippen molar-refractivity contribution < 1.29 is 23.3 Å². The first kappa shape index (κ1) is 20.4. The number of carbonyl (C=O) groups excluding carboxylic acids is 1. The molecule has 1 spiro atoms. The lowest BCUT2D eigenvalue weighted by molar-refractivity contribution is -0.827. The van der Waals surface area contributed by atoms with Gasteiger partial charge in [-0.1, -0.05) is 0 Å². The number of amides is 1. The Bertz CT molecular complexity index is 1150. The number of hydrogen-bond acceptors (Lipinski definition) is 7. The number of ether oxygens (including phenoxy) is 2. The smallest absolute Gasteiger partial charge is 0.283 e. The van der Waals surface area contributed by atoms with Gasteiger partial charge in [-0.2, -0.15) is 0 Å². The minimum Gasteiger partial charge on any atom is -0.624 e. The fourth-order valence-electron chi connectivity index (χ4n) is 4.75. The van der Waals surface area contributed by atoms with Gasteiger partial charge < -0.3 is 14.7 Å². The van der Waals surface area contributed by atoms with Gasteiger partial charge in [0.25, 0.3) is 5.91 Å². The van der Waals surface area contributed by atoms with Gasteiger partial charge in [-0.25, -0.2) is 9.38 Å². The van der Waals surface area contributed by atoms with Gasteiger partial charge in [0.1, 0.15) is 29.7 Å². The highest BCUT2D eigenvalue weighted by atomic mass is 19.1. The lowest BCUT2D eigenvalue weighted by atomic mass is 9.98. The monoisotopic (exact) mass is 439 g/mol. The summed E-state index contributed by atoms with van der Waals surface area (Å²) in [5.74, 6) is 0.970. The number of benzene rings is 2. The van der Waals surface area contributed by atoms with E-state index in [-0.39, 0.29) is 19.0 Å². The number of hydrogen-bond donors (Lipinski definition) is 0. The lowest BCUT2D eigenvalue weighted by Gasteiger charge is -2.51. The van der Waals surface area contributed by atoms with Crippen molar-refractivity contribution in [2.24, 2.45) is 9.98 Å². The number of rotatable bonds is 4. The van der Waals surface area contributed by atoms with Crippen molar-refractivity contribution in [2.75, 3.05) is 39.3 Å². The lowest BCUT2D eigenvalue weighted by Crippen LogP contribution is -2.71. The van der Waals surface area contributed by atoms with E-state index in [1.807, 2.05) is 0 Å². The fourth-order valence-corrected chi connectivity index (χ4v) is 4.75. The van der Waals surface area contributed by atoms with E-state index in [9.17, 15) is 14.4 Å².